The van der Waals surface area contributed by atoms with E-state index in [1.54, 1.807) is 24.4 Å². The van der Waals surface area contributed by atoms with E-state index >= 15 is 0 Å². The molecule has 0 aliphatic rings. The smallest absolute Gasteiger partial charge is 0.416 e. The van der Waals surface area contributed by atoms with Crippen molar-refractivity contribution in [2.45, 2.75) is 19.7 Å². The van der Waals surface area contributed by atoms with Crippen molar-refractivity contribution in [3.63, 3.8) is 0 Å². The van der Waals surface area contributed by atoms with Gasteiger partial charge in [-0.15, -0.1) is 5.10 Å². The summed E-state index contributed by atoms with van der Waals surface area (Å²) in [4.78, 5) is 12.2. The van der Waals surface area contributed by atoms with Crippen LogP contribution in [-0.4, -0.2) is 29.6 Å². The van der Waals surface area contributed by atoms with Gasteiger partial charge in [0.25, 0.3) is 0 Å². The molecule has 0 radical (unpaired) electrons. The predicted molar refractivity (Wildman–Crippen MR) is 104 cm³/mol. The van der Waals surface area contributed by atoms with E-state index < -0.39 is 17.4 Å². The summed E-state index contributed by atoms with van der Waals surface area (Å²) in [6.45, 7) is 1.99. The minimum Gasteiger partial charge on any atom is -0.472 e. The number of alkyl halides is 3. The van der Waals surface area contributed by atoms with Crippen LogP contribution in [0.2, 0.25) is 0 Å². The fraction of sp³-hybridized carbons (Fsp3) is 0.200. The molecular formula is C20H17F3N6O2. The van der Waals surface area contributed by atoms with E-state index in [1.165, 1.54) is 28.5 Å². The second-order valence-corrected chi connectivity index (χ2v) is 6.80. The molecule has 8 nitrogen and oxygen atoms in total. The fourth-order valence-corrected chi connectivity index (χ4v) is 3.02. The van der Waals surface area contributed by atoms with E-state index in [1.807, 2.05) is 13.0 Å². The van der Waals surface area contributed by atoms with Crippen LogP contribution in [-0.2, 0) is 19.8 Å². The molecule has 0 N–H and O–H groups in total. The lowest BCUT2D eigenvalue weighted by Gasteiger charge is -2.11. The molecule has 31 heavy (non-hydrogen) atoms. The summed E-state index contributed by atoms with van der Waals surface area (Å²) >= 11 is 0. The average molecular weight is 430 g/mol. The molecule has 0 spiro atoms. The molecule has 0 aliphatic heterocycles. The number of halogens is 3. The standard InChI is InChI=1S/C20H17F3N6O2/c1-13-4-3-5-17(29-19(30)27(2)25-26-29)16(13)12-31-18-10-11-28(24-18)15-8-6-14(7-9-15)20(21,22)23/h3-11H,12H2,1-2H3. The maximum atomic E-state index is 12.7. The van der Waals surface area contributed by atoms with Crippen LogP contribution in [0, 0.1) is 6.92 Å². The van der Waals surface area contributed by atoms with Crippen molar-refractivity contribution < 1.29 is 17.9 Å². The topological polar surface area (TPSA) is 79.8 Å². The van der Waals surface area contributed by atoms with E-state index in [0.717, 1.165) is 27.9 Å². The first-order valence-corrected chi connectivity index (χ1v) is 9.18. The minimum absolute atomic E-state index is 0.106. The zero-order chi connectivity index (χ0) is 22.2. The van der Waals surface area contributed by atoms with Crippen LogP contribution in [0.5, 0.6) is 5.88 Å². The highest BCUT2D eigenvalue weighted by atomic mass is 19.4. The Morgan fingerprint density at radius 2 is 1.77 bits per heavy atom. The largest absolute Gasteiger partial charge is 0.472 e. The van der Waals surface area contributed by atoms with Gasteiger partial charge in [0.1, 0.15) is 6.61 Å². The van der Waals surface area contributed by atoms with Crippen molar-refractivity contribution in [3.05, 3.63) is 81.9 Å². The molecule has 11 heteroatoms. The van der Waals surface area contributed by atoms with Crippen LogP contribution in [0.1, 0.15) is 16.7 Å². The quantitative estimate of drug-likeness (QED) is 0.486. The Balaban J connectivity index is 1.55. The Morgan fingerprint density at radius 3 is 2.42 bits per heavy atom. The van der Waals surface area contributed by atoms with Crippen LogP contribution in [0.4, 0.5) is 13.2 Å². The molecule has 160 valence electrons. The predicted octanol–water partition coefficient (Wildman–Crippen LogP) is 3.06. The van der Waals surface area contributed by atoms with E-state index in [0.29, 0.717) is 11.4 Å². The van der Waals surface area contributed by atoms with Gasteiger partial charge in [0.2, 0.25) is 5.88 Å². The third-order valence-corrected chi connectivity index (χ3v) is 4.72. The van der Waals surface area contributed by atoms with Gasteiger partial charge >= 0.3 is 11.9 Å². The number of benzene rings is 2. The number of ether oxygens (including phenoxy) is 1. The van der Waals surface area contributed by atoms with Gasteiger partial charge in [0.05, 0.1) is 16.9 Å². The second kappa shape index (κ2) is 7.74. The highest BCUT2D eigenvalue weighted by Gasteiger charge is 2.30. The Bertz CT molecular complexity index is 1270. The van der Waals surface area contributed by atoms with E-state index in [9.17, 15) is 18.0 Å². The lowest BCUT2D eigenvalue weighted by atomic mass is 10.1. The Kier molecular flexibility index (Phi) is 5.09. The molecule has 0 fully saturated rings. The van der Waals surface area contributed by atoms with Gasteiger partial charge < -0.3 is 4.74 Å². The summed E-state index contributed by atoms with van der Waals surface area (Å²) in [7, 11) is 1.51. The van der Waals surface area contributed by atoms with Crippen molar-refractivity contribution in [2.24, 2.45) is 7.05 Å². The summed E-state index contributed by atoms with van der Waals surface area (Å²) in [5.74, 6) is 0.278. The van der Waals surface area contributed by atoms with Crippen molar-refractivity contribution >= 4 is 0 Å². The Hall–Kier alpha value is -3.89. The van der Waals surface area contributed by atoms with E-state index in [4.69, 9.17) is 4.74 Å². The number of nitrogens with zero attached hydrogens (tertiary/aromatic N) is 6. The lowest BCUT2D eigenvalue weighted by Crippen LogP contribution is -2.23. The van der Waals surface area contributed by atoms with E-state index in [-0.39, 0.29) is 12.5 Å². The number of rotatable bonds is 5. The molecule has 4 rings (SSSR count). The van der Waals surface area contributed by atoms with Gasteiger partial charge in [-0.1, -0.05) is 12.1 Å². The normalized spacial score (nSPS) is 11.6. The van der Waals surface area contributed by atoms with E-state index in [2.05, 4.69) is 15.5 Å². The van der Waals surface area contributed by atoms with Crippen LogP contribution in [0.3, 0.4) is 0 Å². The minimum atomic E-state index is -4.40. The maximum Gasteiger partial charge on any atom is 0.416 e. The molecule has 0 bridgehead atoms. The van der Waals surface area contributed by atoms with Crippen molar-refractivity contribution in [2.75, 3.05) is 0 Å². The van der Waals surface area contributed by atoms with Crippen LogP contribution in [0.25, 0.3) is 11.4 Å². The molecule has 0 amide bonds. The highest BCUT2D eigenvalue weighted by molar-refractivity contribution is 5.44. The highest BCUT2D eigenvalue weighted by Crippen LogP contribution is 2.29. The molecule has 4 aromatic rings. The third kappa shape index (κ3) is 4.06. The molecule has 0 saturated heterocycles. The molecule has 2 heterocycles. The molecular weight excluding hydrogens is 413 g/mol. The molecule has 0 unspecified atom stereocenters. The molecule has 0 saturated carbocycles. The monoisotopic (exact) mass is 430 g/mol. The molecule has 2 aromatic heterocycles. The number of aromatic nitrogens is 6. The summed E-state index contributed by atoms with van der Waals surface area (Å²) in [5, 5.41) is 11.9. The lowest BCUT2D eigenvalue weighted by molar-refractivity contribution is -0.137. The number of hydrogen-bond acceptors (Lipinski definition) is 5. The number of aryl methyl sites for hydroxylation is 2. The van der Waals surface area contributed by atoms with Crippen molar-refractivity contribution in [3.8, 4) is 17.3 Å². The zero-order valence-electron chi connectivity index (χ0n) is 16.5. The van der Waals surface area contributed by atoms with Gasteiger partial charge in [-0.05, 0) is 53.2 Å². The summed E-state index contributed by atoms with van der Waals surface area (Å²) in [6, 6.07) is 11.7. The van der Waals surface area contributed by atoms with Gasteiger partial charge in [0.15, 0.2) is 0 Å². The first-order valence-electron chi connectivity index (χ1n) is 9.18. The number of tetrazole rings is 1. The number of hydrogen-bond donors (Lipinski definition) is 0. The Morgan fingerprint density at radius 1 is 1.03 bits per heavy atom. The van der Waals surface area contributed by atoms with Crippen LogP contribution < -0.4 is 10.4 Å². The van der Waals surface area contributed by atoms with Crippen LogP contribution in [0.15, 0.2) is 59.5 Å². The SMILES string of the molecule is Cc1cccc(-n2nnn(C)c2=O)c1COc1ccn(-c2ccc(C(F)(F)F)cc2)n1. The fourth-order valence-electron chi connectivity index (χ4n) is 3.02. The van der Waals surface area contributed by atoms with Crippen molar-refractivity contribution in [1.29, 1.82) is 0 Å². The average Bonchev–Trinajstić information content (AvgIpc) is 3.34. The van der Waals surface area contributed by atoms with Gasteiger partial charge in [0, 0.05) is 24.9 Å². The second-order valence-electron chi connectivity index (χ2n) is 6.80. The molecule has 0 atom stereocenters. The van der Waals surface area contributed by atoms with Gasteiger partial charge in [-0.2, -0.15) is 22.5 Å². The summed E-state index contributed by atoms with van der Waals surface area (Å²) < 4.78 is 47.7. The summed E-state index contributed by atoms with van der Waals surface area (Å²) in [6.07, 6.45) is -2.81. The third-order valence-electron chi connectivity index (χ3n) is 4.72. The summed E-state index contributed by atoms with van der Waals surface area (Å²) in [5.41, 5.74) is 1.50. The van der Waals surface area contributed by atoms with Gasteiger partial charge in [-0.3, -0.25) is 0 Å². The first kappa shape index (κ1) is 20.4. The first-order chi connectivity index (χ1) is 14.7. The van der Waals surface area contributed by atoms with Crippen LogP contribution >= 0.6 is 0 Å². The zero-order valence-corrected chi connectivity index (χ0v) is 16.5. The maximum absolute atomic E-state index is 12.7. The van der Waals surface area contributed by atoms with Crippen molar-refractivity contribution in [1.82, 2.24) is 29.6 Å². The van der Waals surface area contributed by atoms with Gasteiger partial charge in [-0.25, -0.2) is 9.48 Å². The Labute approximate surface area is 174 Å². The molecule has 2 aromatic carbocycles. The molecule has 0 aliphatic carbocycles.